The summed E-state index contributed by atoms with van der Waals surface area (Å²) in [4.78, 5) is 37.6. The van der Waals surface area contributed by atoms with E-state index in [1.54, 1.807) is 6.07 Å². The summed E-state index contributed by atoms with van der Waals surface area (Å²) in [6.45, 7) is 0.993. The molecule has 2 aromatic heterocycles. The molecule has 2 atom stereocenters. The summed E-state index contributed by atoms with van der Waals surface area (Å²) in [6, 6.07) is 3.93. The molecule has 0 saturated carbocycles. The Hall–Kier alpha value is -3.89. The molecule has 0 bridgehead atoms. The van der Waals surface area contributed by atoms with Gasteiger partial charge in [0.2, 0.25) is 0 Å². The maximum atomic E-state index is 13.7. The van der Waals surface area contributed by atoms with Crippen LogP contribution in [-0.2, 0) is 28.9 Å². The number of hydrogen-bond acceptors (Lipinski definition) is 8. The Balaban J connectivity index is 1.86. The molecule has 2 N–H and O–H groups in total. The first-order chi connectivity index (χ1) is 19.5. The minimum atomic E-state index is -4.75. The van der Waals surface area contributed by atoms with Crippen LogP contribution < -0.4 is 15.8 Å². The zero-order valence-electron chi connectivity index (χ0n) is 22.2. The molecule has 0 radical (unpaired) electrons. The van der Waals surface area contributed by atoms with Crippen LogP contribution in [0.4, 0.5) is 26.3 Å². The molecule has 17 heteroatoms. The second-order valence-corrected chi connectivity index (χ2v) is 10.3. The number of rotatable bonds is 8. The van der Waals surface area contributed by atoms with Gasteiger partial charge in [0.05, 0.1) is 38.3 Å². The van der Waals surface area contributed by atoms with E-state index in [1.165, 1.54) is 17.7 Å². The zero-order chi connectivity index (χ0) is 31.2. The van der Waals surface area contributed by atoms with Gasteiger partial charge in [0.15, 0.2) is 0 Å². The van der Waals surface area contributed by atoms with Crippen molar-refractivity contribution in [1.29, 1.82) is 0 Å². The highest BCUT2D eigenvalue weighted by atomic mass is 32.1. The van der Waals surface area contributed by atoms with Gasteiger partial charge in [0, 0.05) is 17.4 Å². The van der Waals surface area contributed by atoms with E-state index in [-0.39, 0.29) is 52.7 Å². The van der Waals surface area contributed by atoms with Crippen molar-refractivity contribution in [2.45, 2.75) is 55.9 Å². The number of hydrogen-bond donors (Lipinski definition) is 3. The lowest BCUT2D eigenvalue weighted by molar-refractivity contribution is -0.153. The van der Waals surface area contributed by atoms with Gasteiger partial charge in [-0.3, -0.25) is 4.79 Å². The molecule has 0 unspecified atom stereocenters. The van der Waals surface area contributed by atoms with Gasteiger partial charge in [-0.2, -0.15) is 39.0 Å². The van der Waals surface area contributed by atoms with Crippen LogP contribution in [0, 0.1) is 0 Å². The highest BCUT2D eigenvalue weighted by Crippen LogP contribution is 2.42. The van der Waals surface area contributed by atoms with Crippen molar-refractivity contribution in [1.82, 2.24) is 20.1 Å². The van der Waals surface area contributed by atoms with Crippen molar-refractivity contribution in [2.75, 3.05) is 14.2 Å². The molecule has 42 heavy (non-hydrogen) atoms. The largest absolute Gasteiger partial charge is 0.496 e. The first-order valence-corrected chi connectivity index (χ1v) is 12.7. The Labute approximate surface area is 238 Å². The quantitative estimate of drug-likeness (QED) is 0.196. The maximum absolute atomic E-state index is 13.7. The fourth-order valence-electron chi connectivity index (χ4n) is 4.86. The lowest BCUT2D eigenvalue weighted by atomic mass is 9.93. The number of benzene rings is 1. The molecule has 3 heterocycles. The topological polar surface area (TPSA) is 128 Å². The minimum absolute atomic E-state index is 0.00185. The number of nitrogens with one attached hydrogen (secondary N) is 2. The molecule has 1 aliphatic rings. The van der Waals surface area contributed by atoms with E-state index in [4.69, 9.17) is 9.15 Å². The number of halogens is 6. The fraction of sp³-hybridized carbons (Fsp3) is 0.440. The lowest BCUT2D eigenvalue weighted by Gasteiger charge is -2.33. The molecule has 0 saturated heterocycles. The molecule has 4 rings (SSSR count). The summed E-state index contributed by atoms with van der Waals surface area (Å²) in [6.07, 6.45) is -12.3. The third-order valence-electron chi connectivity index (χ3n) is 6.83. The normalized spacial score (nSPS) is 15.3. The molecular formula is C25H24F6N4O6S. The number of methoxy groups -OCH3 is 2. The fourth-order valence-corrected chi connectivity index (χ4v) is 5.24. The number of aryl methyl sites for hydroxylation is 1. The third-order valence-corrected chi connectivity index (χ3v) is 7.53. The molecule has 3 aromatic rings. The summed E-state index contributed by atoms with van der Waals surface area (Å²) in [7, 11) is 2.25. The highest BCUT2D eigenvalue weighted by Gasteiger charge is 2.48. The first kappa shape index (κ1) is 31.1. The number of carbonyl (C=O) groups excluding carboxylic acids is 2. The Morgan fingerprint density at radius 1 is 1.14 bits per heavy atom. The van der Waals surface area contributed by atoms with Crippen LogP contribution in [0.15, 0.2) is 27.4 Å². The Kier molecular flexibility index (Phi) is 8.19. The number of H-pyrrole nitrogens is 1. The van der Waals surface area contributed by atoms with E-state index >= 15 is 0 Å². The Bertz CT molecular complexity index is 1580. The molecule has 0 fully saturated rings. The molecule has 1 aliphatic heterocycles. The van der Waals surface area contributed by atoms with Crippen molar-refractivity contribution in [3.63, 3.8) is 0 Å². The standard InChI is InChI=1S/C25H24F6N4O6S/c1-23(21(37)40-3,17(42)10-25(29,30)31)32-19(36)15-6-12(9-24(26,27)28)18-13-8-14(20-33-34-22(38)41-20)16(39-2)7-11(13)4-5-35(15)18/h6-8,17,42H,4-5,9-10H2,1-3H3,(H,32,36)(H,34,38)/t17-,23+/m1/s1. The number of fused-ring (bicyclic) bond motifs is 3. The van der Waals surface area contributed by atoms with Gasteiger partial charge in [0.25, 0.3) is 11.8 Å². The number of aromatic amines is 1. The van der Waals surface area contributed by atoms with E-state index in [0.29, 0.717) is 5.56 Å². The number of nitrogens with zero attached hydrogens (tertiary/aromatic N) is 2. The van der Waals surface area contributed by atoms with Crippen molar-refractivity contribution in [2.24, 2.45) is 0 Å². The molecule has 1 aromatic carbocycles. The van der Waals surface area contributed by atoms with Gasteiger partial charge in [-0.05, 0) is 42.7 Å². The summed E-state index contributed by atoms with van der Waals surface area (Å²) >= 11 is 3.91. The van der Waals surface area contributed by atoms with Crippen LogP contribution in [0.25, 0.3) is 22.7 Å². The number of amides is 1. The predicted molar refractivity (Wildman–Crippen MR) is 137 cm³/mol. The molecule has 0 aliphatic carbocycles. The van der Waals surface area contributed by atoms with E-state index in [2.05, 4.69) is 32.9 Å². The number of aromatic nitrogens is 3. The van der Waals surface area contributed by atoms with Gasteiger partial charge < -0.3 is 23.8 Å². The van der Waals surface area contributed by atoms with Gasteiger partial charge in [-0.15, -0.1) is 5.10 Å². The van der Waals surface area contributed by atoms with Gasteiger partial charge in [-0.1, -0.05) is 0 Å². The van der Waals surface area contributed by atoms with Crippen molar-refractivity contribution >= 4 is 24.5 Å². The second kappa shape index (κ2) is 11.1. The summed E-state index contributed by atoms with van der Waals surface area (Å²) in [5.74, 6) is -3.21. The summed E-state index contributed by atoms with van der Waals surface area (Å²) in [5.41, 5.74) is -2.01. The van der Waals surface area contributed by atoms with Crippen molar-refractivity contribution in [3.8, 4) is 28.5 Å². The van der Waals surface area contributed by atoms with E-state index in [9.17, 15) is 40.7 Å². The first-order valence-electron chi connectivity index (χ1n) is 12.2. The van der Waals surface area contributed by atoms with Crippen LogP contribution in [0.1, 0.15) is 35.0 Å². The molecular weight excluding hydrogens is 598 g/mol. The smallest absolute Gasteiger partial charge is 0.434 e. The molecule has 10 nitrogen and oxygen atoms in total. The number of esters is 1. The van der Waals surface area contributed by atoms with Crippen LogP contribution >= 0.6 is 12.6 Å². The summed E-state index contributed by atoms with van der Waals surface area (Å²) in [5, 5.41) is 6.27. The molecule has 1 amide bonds. The molecule has 228 valence electrons. The van der Waals surface area contributed by atoms with E-state index in [1.807, 2.05) is 0 Å². The van der Waals surface area contributed by atoms with E-state index < -0.39 is 53.6 Å². The highest BCUT2D eigenvalue weighted by molar-refractivity contribution is 7.81. The van der Waals surface area contributed by atoms with Crippen molar-refractivity contribution in [3.05, 3.63) is 45.6 Å². The number of alkyl halides is 6. The van der Waals surface area contributed by atoms with Gasteiger partial charge in [0.1, 0.15) is 17.0 Å². The Morgan fingerprint density at radius 2 is 1.83 bits per heavy atom. The zero-order valence-corrected chi connectivity index (χ0v) is 23.1. The van der Waals surface area contributed by atoms with Crippen LogP contribution in [0.2, 0.25) is 0 Å². The monoisotopic (exact) mass is 622 g/mol. The third kappa shape index (κ3) is 6.15. The number of thiol groups is 1. The van der Waals surface area contributed by atoms with Crippen molar-refractivity contribution < 1.29 is 49.8 Å². The second-order valence-electron chi connectivity index (χ2n) is 9.71. The average Bonchev–Trinajstić information content (AvgIpc) is 3.48. The lowest BCUT2D eigenvalue weighted by Crippen LogP contribution is -2.59. The molecule has 0 spiro atoms. The van der Waals surface area contributed by atoms with Gasteiger partial charge >= 0.3 is 24.1 Å². The number of carbonyl (C=O) groups is 2. The predicted octanol–water partition coefficient (Wildman–Crippen LogP) is 4.08. The van der Waals surface area contributed by atoms with Crippen LogP contribution in [0.3, 0.4) is 0 Å². The number of ether oxygens (including phenoxy) is 2. The minimum Gasteiger partial charge on any atom is -0.496 e. The van der Waals surface area contributed by atoms with Crippen LogP contribution in [0.5, 0.6) is 5.75 Å². The maximum Gasteiger partial charge on any atom is 0.434 e. The average molecular weight is 623 g/mol. The van der Waals surface area contributed by atoms with Crippen LogP contribution in [-0.4, -0.2) is 64.0 Å². The SMILES string of the molecule is COC(=O)[C@@](C)(NC(=O)c1cc(CC(F)(F)F)c2n1CCc1cc(OC)c(-c3n[nH]c(=O)o3)cc1-2)[C@H](S)CC(F)(F)F. The van der Waals surface area contributed by atoms with Gasteiger partial charge in [-0.25, -0.2) is 14.7 Å². The summed E-state index contributed by atoms with van der Waals surface area (Å²) < 4.78 is 96.7. The Morgan fingerprint density at radius 3 is 2.38 bits per heavy atom. The van der Waals surface area contributed by atoms with E-state index in [0.717, 1.165) is 20.1 Å².